The molecule has 0 fully saturated rings. The molecule has 2 aromatic rings. The normalized spacial score (nSPS) is 13.0. The number of rotatable bonds is 9. The van der Waals surface area contributed by atoms with Gasteiger partial charge in [-0.15, -0.1) is 5.92 Å². The van der Waals surface area contributed by atoms with Gasteiger partial charge in [-0.05, 0) is 47.7 Å². The second-order valence-corrected chi connectivity index (χ2v) is 8.62. The zero-order valence-corrected chi connectivity index (χ0v) is 18.6. The Morgan fingerprint density at radius 1 is 1.03 bits per heavy atom. The summed E-state index contributed by atoms with van der Waals surface area (Å²) in [5.41, 5.74) is 2.22. The summed E-state index contributed by atoms with van der Waals surface area (Å²) in [4.78, 5) is 11.0. The predicted molar refractivity (Wildman–Crippen MR) is 120 cm³/mol. The van der Waals surface area contributed by atoms with Gasteiger partial charge >= 0.3 is 5.97 Å². The van der Waals surface area contributed by atoms with Gasteiger partial charge in [0.15, 0.2) is 0 Å². The number of benzene rings is 2. The fourth-order valence-corrected chi connectivity index (χ4v) is 2.97. The lowest BCUT2D eigenvalue weighted by atomic mass is 9.87. The van der Waals surface area contributed by atoms with Crippen LogP contribution in [-0.2, 0) is 10.2 Å². The molecule has 1 N–H and O–H groups in total. The van der Waals surface area contributed by atoms with Crippen molar-refractivity contribution >= 4 is 5.97 Å². The number of aliphatic carboxylic acids is 1. The number of hydrogen-bond donors (Lipinski definition) is 1. The van der Waals surface area contributed by atoms with Gasteiger partial charge in [-0.2, -0.15) is 0 Å². The molecule has 0 heterocycles. The van der Waals surface area contributed by atoms with Crippen molar-refractivity contribution in [1.82, 2.24) is 0 Å². The molecule has 2 aromatic carbocycles. The molecular formula is C26H32O4. The van der Waals surface area contributed by atoms with Crippen LogP contribution in [0.2, 0.25) is 0 Å². The van der Waals surface area contributed by atoms with E-state index in [9.17, 15) is 4.79 Å². The molecule has 0 spiro atoms. The van der Waals surface area contributed by atoms with Crippen LogP contribution in [0.5, 0.6) is 11.5 Å². The van der Waals surface area contributed by atoms with Gasteiger partial charge in [-0.25, -0.2) is 0 Å². The highest BCUT2D eigenvalue weighted by Crippen LogP contribution is 2.26. The number of carboxylic acids is 1. The first-order chi connectivity index (χ1) is 14.2. The smallest absolute Gasteiger partial charge is 0.304 e. The van der Waals surface area contributed by atoms with Crippen LogP contribution in [0.4, 0.5) is 0 Å². The highest BCUT2D eigenvalue weighted by molar-refractivity contribution is 5.69. The Kier molecular flexibility index (Phi) is 8.35. The third kappa shape index (κ3) is 7.48. The number of carboxylic acid groups (broad SMARTS) is 1. The van der Waals surface area contributed by atoms with E-state index in [0.717, 1.165) is 17.1 Å². The van der Waals surface area contributed by atoms with Crippen LogP contribution in [-0.4, -0.2) is 24.3 Å². The topological polar surface area (TPSA) is 55.8 Å². The predicted octanol–water partition coefficient (Wildman–Crippen LogP) is 5.66. The molecule has 0 aliphatic rings. The van der Waals surface area contributed by atoms with Gasteiger partial charge in [0.2, 0.25) is 0 Å². The standard InChI is InChI=1S/C26H32O4/c1-6-8-21(15-25(27)28)20-11-13-23(14-12-20)29-17-19(2)18-30-24-10-7-9-22(16-24)26(3,4)5/h7,9-14,16,19,21H,15,17-18H2,1-5H3,(H,27,28). The van der Waals surface area contributed by atoms with Crippen molar-refractivity contribution in [2.24, 2.45) is 5.92 Å². The summed E-state index contributed by atoms with van der Waals surface area (Å²) in [7, 11) is 0. The van der Waals surface area contributed by atoms with Gasteiger partial charge in [0, 0.05) is 5.92 Å². The van der Waals surface area contributed by atoms with Crippen LogP contribution < -0.4 is 9.47 Å². The molecule has 2 atom stereocenters. The molecule has 0 bridgehead atoms. The van der Waals surface area contributed by atoms with E-state index in [-0.39, 0.29) is 23.7 Å². The second-order valence-electron chi connectivity index (χ2n) is 8.62. The molecule has 0 radical (unpaired) electrons. The number of hydrogen-bond acceptors (Lipinski definition) is 3. The van der Waals surface area contributed by atoms with Crippen molar-refractivity contribution in [3.8, 4) is 23.3 Å². The Morgan fingerprint density at radius 3 is 2.23 bits per heavy atom. The van der Waals surface area contributed by atoms with Gasteiger partial charge in [-0.3, -0.25) is 4.79 Å². The van der Waals surface area contributed by atoms with Crippen molar-refractivity contribution in [2.75, 3.05) is 13.2 Å². The lowest BCUT2D eigenvalue weighted by Gasteiger charge is -2.20. The highest BCUT2D eigenvalue weighted by atomic mass is 16.5. The van der Waals surface area contributed by atoms with Crippen LogP contribution in [0, 0.1) is 17.8 Å². The molecule has 4 heteroatoms. The van der Waals surface area contributed by atoms with E-state index in [4.69, 9.17) is 14.6 Å². The maximum atomic E-state index is 11.0. The van der Waals surface area contributed by atoms with E-state index >= 15 is 0 Å². The van der Waals surface area contributed by atoms with Crippen molar-refractivity contribution in [1.29, 1.82) is 0 Å². The number of carbonyl (C=O) groups is 1. The minimum atomic E-state index is -0.857. The summed E-state index contributed by atoms with van der Waals surface area (Å²) in [5, 5.41) is 9.06. The summed E-state index contributed by atoms with van der Waals surface area (Å²) in [6, 6.07) is 15.7. The molecule has 160 valence electrons. The van der Waals surface area contributed by atoms with Crippen LogP contribution in [0.25, 0.3) is 0 Å². The molecule has 2 rings (SSSR count). The van der Waals surface area contributed by atoms with Crippen LogP contribution in [0.3, 0.4) is 0 Å². The summed E-state index contributed by atoms with van der Waals surface area (Å²) in [6.45, 7) is 11.5. The summed E-state index contributed by atoms with van der Waals surface area (Å²) < 4.78 is 11.8. The molecular weight excluding hydrogens is 376 g/mol. The Hall–Kier alpha value is -2.93. The van der Waals surface area contributed by atoms with E-state index in [1.54, 1.807) is 6.92 Å². The van der Waals surface area contributed by atoms with E-state index in [1.165, 1.54) is 5.56 Å². The van der Waals surface area contributed by atoms with E-state index in [1.807, 2.05) is 36.4 Å². The zero-order chi connectivity index (χ0) is 22.1. The third-order valence-electron chi connectivity index (χ3n) is 4.75. The van der Waals surface area contributed by atoms with Crippen molar-refractivity contribution in [3.05, 3.63) is 59.7 Å². The Labute approximate surface area is 180 Å². The first-order valence-electron chi connectivity index (χ1n) is 10.3. The molecule has 2 unspecified atom stereocenters. The zero-order valence-electron chi connectivity index (χ0n) is 18.6. The quantitative estimate of drug-likeness (QED) is 0.544. The monoisotopic (exact) mass is 408 g/mol. The molecule has 0 aliphatic heterocycles. The van der Waals surface area contributed by atoms with Crippen molar-refractivity contribution < 1.29 is 19.4 Å². The van der Waals surface area contributed by atoms with Gasteiger partial charge in [-0.1, -0.05) is 57.9 Å². The largest absolute Gasteiger partial charge is 0.493 e. The number of ether oxygens (including phenoxy) is 2. The first-order valence-corrected chi connectivity index (χ1v) is 10.3. The lowest BCUT2D eigenvalue weighted by Crippen LogP contribution is -2.17. The van der Waals surface area contributed by atoms with Crippen LogP contribution >= 0.6 is 0 Å². The Balaban J connectivity index is 1.86. The second kappa shape index (κ2) is 10.7. The summed E-state index contributed by atoms with van der Waals surface area (Å²) in [5.74, 6) is 6.44. The highest BCUT2D eigenvalue weighted by Gasteiger charge is 2.15. The van der Waals surface area contributed by atoms with E-state index in [2.05, 4.69) is 51.7 Å². The van der Waals surface area contributed by atoms with Crippen molar-refractivity contribution in [2.45, 2.75) is 52.4 Å². The minimum Gasteiger partial charge on any atom is -0.493 e. The van der Waals surface area contributed by atoms with Gasteiger partial charge in [0.05, 0.1) is 25.6 Å². The molecule has 0 saturated carbocycles. The Morgan fingerprint density at radius 2 is 1.67 bits per heavy atom. The maximum Gasteiger partial charge on any atom is 0.304 e. The Bertz CT molecular complexity index is 882. The molecule has 0 saturated heterocycles. The van der Waals surface area contributed by atoms with Crippen LogP contribution in [0.15, 0.2) is 48.5 Å². The maximum absolute atomic E-state index is 11.0. The minimum absolute atomic E-state index is 0.00810. The average molecular weight is 409 g/mol. The summed E-state index contributed by atoms with van der Waals surface area (Å²) in [6.07, 6.45) is -0.00810. The molecule has 0 aromatic heterocycles. The fraction of sp³-hybridized carbons (Fsp3) is 0.423. The van der Waals surface area contributed by atoms with Gasteiger partial charge in [0.1, 0.15) is 11.5 Å². The molecule has 0 amide bonds. The third-order valence-corrected chi connectivity index (χ3v) is 4.75. The molecule has 0 aliphatic carbocycles. The lowest BCUT2D eigenvalue weighted by molar-refractivity contribution is -0.137. The van der Waals surface area contributed by atoms with Crippen LogP contribution in [0.1, 0.15) is 58.1 Å². The first kappa shape index (κ1) is 23.3. The van der Waals surface area contributed by atoms with Gasteiger partial charge < -0.3 is 14.6 Å². The molecule has 30 heavy (non-hydrogen) atoms. The summed E-state index contributed by atoms with van der Waals surface area (Å²) >= 11 is 0. The average Bonchev–Trinajstić information content (AvgIpc) is 2.70. The van der Waals surface area contributed by atoms with E-state index in [0.29, 0.717) is 13.2 Å². The molecule has 4 nitrogen and oxygen atoms in total. The fourth-order valence-electron chi connectivity index (χ4n) is 2.97. The SMILES string of the molecule is CC#CC(CC(=O)O)c1ccc(OCC(C)COc2cccc(C(C)(C)C)c2)cc1. The van der Waals surface area contributed by atoms with Crippen molar-refractivity contribution in [3.63, 3.8) is 0 Å². The van der Waals surface area contributed by atoms with Gasteiger partial charge in [0.25, 0.3) is 0 Å². The van der Waals surface area contributed by atoms with E-state index < -0.39 is 5.97 Å².